The molecule has 5 atom stereocenters. The maximum absolute atomic E-state index is 9.85. The molecule has 1 heteroatoms. The maximum atomic E-state index is 9.85. The predicted molar refractivity (Wildman–Crippen MR) is 70.6 cm³/mol. The second-order valence-corrected chi connectivity index (χ2v) is 7.24. The lowest BCUT2D eigenvalue weighted by atomic mass is 9.67. The van der Waals surface area contributed by atoms with Crippen molar-refractivity contribution in [3.05, 3.63) is 11.6 Å². The molecule has 0 aromatic heterocycles. The van der Waals surface area contributed by atoms with Gasteiger partial charge in [-0.1, -0.05) is 38.8 Å². The van der Waals surface area contributed by atoms with Crippen LogP contribution in [0, 0.1) is 29.1 Å². The highest BCUT2D eigenvalue weighted by molar-refractivity contribution is 5.27. The third-order valence-electron chi connectivity index (χ3n) is 6.18. The summed E-state index contributed by atoms with van der Waals surface area (Å²) in [4.78, 5) is 0. The Morgan fingerprint density at radius 1 is 1.24 bits per heavy atom. The molecule has 2 bridgehead atoms. The van der Waals surface area contributed by atoms with Gasteiger partial charge < -0.3 is 5.11 Å². The summed E-state index contributed by atoms with van der Waals surface area (Å²) in [5, 5.41) is 9.85. The first kappa shape index (κ1) is 11.8. The van der Waals surface area contributed by atoms with Crippen molar-refractivity contribution in [3.63, 3.8) is 0 Å². The molecule has 0 heterocycles. The smallest absolute Gasteiger partial charge is 0.0546 e. The van der Waals surface area contributed by atoms with Crippen molar-refractivity contribution in [2.75, 3.05) is 0 Å². The number of aliphatic hydroxyl groups excluding tert-OH is 1. The topological polar surface area (TPSA) is 20.2 Å². The second kappa shape index (κ2) is 3.85. The van der Waals surface area contributed by atoms with E-state index in [-0.39, 0.29) is 6.10 Å². The quantitative estimate of drug-likeness (QED) is 0.685. The van der Waals surface area contributed by atoms with Crippen LogP contribution in [0.1, 0.15) is 52.9 Å². The molecule has 17 heavy (non-hydrogen) atoms. The van der Waals surface area contributed by atoms with Gasteiger partial charge in [0.2, 0.25) is 0 Å². The van der Waals surface area contributed by atoms with Gasteiger partial charge in [0.1, 0.15) is 0 Å². The standard InChI is InChI=1S/C16H26O/c1-10-14-8-12(16(10,2)3)9-15(14)11-5-4-6-13(17)7-11/h9-14,17H,4-8H2,1-3H3. The van der Waals surface area contributed by atoms with Crippen LogP contribution in [0.2, 0.25) is 0 Å². The van der Waals surface area contributed by atoms with Gasteiger partial charge in [-0.25, -0.2) is 0 Å². The van der Waals surface area contributed by atoms with Gasteiger partial charge >= 0.3 is 0 Å². The second-order valence-electron chi connectivity index (χ2n) is 7.24. The van der Waals surface area contributed by atoms with Crippen LogP contribution in [0.25, 0.3) is 0 Å². The number of fused-ring (bicyclic) bond motifs is 2. The summed E-state index contributed by atoms with van der Waals surface area (Å²) in [7, 11) is 0. The Kier molecular flexibility index (Phi) is 2.66. The average Bonchev–Trinajstić information content (AvgIpc) is 2.79. The summed E-state index contributed by atoms with van der Waals surface area (Å²) in [6.45, 7) is 7.31. The van der Waals surface area contributed by atoms with Crippen LogP contribution >= 0.6 is 0 Å². The minimum atomic E-state index is -0.0305. The van der Waals surface area contributed by atoms with Crippen LogP contribution in [0.15, 0.2) is 11.6 Å². The van der Waals surface area contributed by atoms with Crippen LogP contribution in [-0.2, 0) is 0 Å². The third kappa shape index (κ3) is 1.69. The average molecular weight is 234 g/mol. The Morgan fingerprint density at radius 2 is 2.00 bits per heavy atom. The molecule has 3 rings (SSSR count). The number of hydrogen-bond donors (Lipinski definition) is 1. The van der Waals surface area contributed by atoms with Crippen molar-refractivity contribution >= 4 is 0 Å². The zero-order valence-electron chi connectivity index (χ0n) is 11.4. The molecule has 0 radical (unpaired) electrons. The first-order chi connectivity index (χ1) is 8.00. The molecule has 0 spiro atoms. The summed E-state index contributed by atoms with van der Waals surface area (Å²) in [5.74, 6) is 3.15. The molecule has 0 aromatic rings. The largest absolute Gasteiger partial charge is 0.393 e. The lowest BCUT2D eigenvalue weighted by molar-refractivity contribution is 0.104. The van der Waals surface area contributed by atoms with Crippen molar-refractivity contribution in [3.8, 4) is 0 Å². The lowest BCUT2D eigenvalue weighted by Gasteiger charge is -2.39. The number of hydrogen-bond acceptors (Lipinski definition) is 1. The van der Waals surface area contributed by atoms with Gasteiger partial charge in [-0.05, 0) is 54.8 Å². The van der Waals surface area contributed by atoms with Gasteiger partial charge in [0.15, 0.2) is 0 Å². The first-order valence-corrected chi connectivity index (χ1v) is 7.40. The molecule has 0 aliphatic heterocycles. The summed E-state index contributed by atoms with van der Waals surface area (Å²) in [6, 6.07) is 0. The van der Waals surface area contributed by atoms with Crippen LogP contribution in [0.5, 0.6) is 0 Å². The van der Waals surface area contributed by atoms with E-state index in [4.69, 9.17) is 0 Å². The van der Waals surface area contributed by atoms with Gasteiger partial charge in [-0.15, -0.1) is 0 Å². The summed E-state index contributed by atoms with van der Waals surface area (Å²) < 4.78 is 0. The molecular weight excluding hydrogens is 208 g/mol. The zero-order chi connectivity index (χ0) is 12.2. The minimum Gasteiger partial charge on any atom is -0.393 e. The van der Waals surface area contributed by atoms with E-state index in [9.17, 15) is 5.11 Å². The Morgan fingerprint density at radius 3 is 2.59 bits per heavy atom. The molecule has 0 saturated heterocycles. The Bertz CT molecular complexity index is 341. The molecule has 1 nitrogen and oxygen atoms in total. The van der Waals surface area contributed by atoms with Gasteiger partial charge in [-0.3, -0.25) is 0 Å². The molecule has 2 saturated carbocycles. The van der Waals surface area contributed by atoms with E-state index in [1.807, 2.05) is 0 Å². The number of rotatable bonds is 1. The normalized spacial score (nSPS) is 48.2. The van der Waals surface area contributed by atoms with E-state index in [1.165, 1.54) is 19.3 Å². The Balaban J connectivity index is 1.81. The number of allylic oxidation sites excluding steroid dienone is 2. The van der Waals surface area contributed by atoms with Crippen LogP contribution in [0.4, 0.5) is 0 Å². The molecule has 2 fully saturated rings. The maximum Gasteiger partial charge on any atom is 0.0546 e. The highest BCUT2D eigenvalue weighted by Crippen LogP contribution is 2.60. The van der Waals surface area contributed by atoms with Gasteiger partial charge in [-0.2, -0.15) is 0 Å². The van der Waals surface area contributed by atoms with Crippen LogP contribution in [-0.4, -0.2) is 11.2 Å². The fourth-order valence-electron chi connectivity index (χ4n) is 4.61. The van der Waals surface area contributed by atoms with E-state index >= 15 is 0 Å². The van der Waals surface area contributed by atoms with Crippen LogP contribution in [0.3, 0.4) is 0 Å². The molecule has 1 N–H and O–H groups in total. The van der Waals surface area contributed by atoms with Crippen molar-refractivity contribution in [2.24, 2.45) is 29.1 Å². The van der Waals surface area contributed by atoms with Crippen molar-refractivity contribution < 1.29 is 5.11 Å². The van der Waals surface area contributed by atoms with Gasteiger partial charge in [0, 0.05) is 0 Å². The third-order valence-corrected chi connectivity index (χ3v) is 6.18. The highest BCUT2D eigenvalue weighted by atomic mass is 16.3. The predicted octanol–water partition coefficient (Wildman–Crippen LogP) is 3.78. The molecular formula is C16H26O. The molecule has 0 amide bonds. The van der Waals surface area contributed by atoms with E-state index in [1.54, 1.807) is 5.57 Å². The molecule has 3 aliphatic rings. The summed E-state index contributed by atoms with van der Waals surface area (Å²) >= 11 is 0. The molecule has 5 unspecified atom stereocenters. The molecule has 96 valence electrons. The summed E-state index contributed by atoms with van der Waals surface area (Å²) in [6.07, 6.45) is 8.54. The van der Waals surface area contributed by atoms with Crippen molar-refractivity contribution in [1.29, 1.82) is 0 Å². The van der Waals surface area contributed by atoms with Crippen molar-refractivity contribution in [1.82, 2.24) is 0 Å². The lowest BCUT2D eigenvalue weighted by Crippen LogP contribution is -2.31. The SMILES string of the molecule is CC1C2CC(C=C2C2CCCC(O)C2)C1(C)C. The first-order valence-electron chi connectivity index (χ1n) is 7.40. The Labute approximate surface area is 105 Å². The minimum absolute atomic E-state index is 0.0305. The van der Waals surface area contributed by atoms with Gasteiger partial charge in [0.25, 0.3) is 0 Å². The van der Waals surface area contributed by atoms with E-state index in [2.05, 4.69) is 26.8 Å². The number of aliphatic hydroxyl groups is 1. The summed E-state index contributed by atoms with van der Waals surface area (Å²) in [5.41, 5.74) is 2.22. The van der Waals surface area contributed by atoms with E-state index in [0.717, 1.165) is 30.6 Å². The highest BCUT2D eigenvalue weighted by Gasteiger charge is 2.52. The Hall–Kier alpha value is -0.300. The molecule has 0 aromatic carbocycles. The molecule has 3 aliphatic carbocycles. The van der Waals surface area contributed by atoms with E-state index in [0.29, 0.717) is 11.3 Å². The fraction of sp³-hybridized carbons (Fsp3) is 0.875. The van der Waals surface area contributed by atoms with Gasteiger partial charge in [0.05, 0.1) is 6.10 Å². The van der Waals surface area contributed by atoms with Crippen LogP contribution < -0.4 is 0 Å². The fourth-order valence-corrected chi connectivity index (χ4v) is 4.61. The van der Waals surface area contributed by atoms with E-state index < -0.39 is 0 Å². The van der Waals surface area contributed by atoms with Crippen molar-refractivity contribution in [2.45, 2.75) is 59.0 Å². The zero-order valence-corrected chi connectivity index (χ0v) is 11.4. The monoisotopic (exact) mass is 234 g/mol.